The number of hydrogen-bond acceptors (Lipinski definition) is 1. The van der Waals surface area contributed by atoms with E-state index in [1.807, 2.05) is 13.8 Å². The molecule has 0 aliphatic heterocycles. The van der Waals surface area contributed by atoms with Gasteiger partial charge >= 0.3 is 0 Å². The van der Waals surface area contributed by atoms with Gasteiger partial charge < -0.3 is 4.74 Å². The average molecular weight is 220 g/mol. The lowest BCUT2D eigenvalue weighted by Crippen LogP contribution is -2.24. The van der Waals surface area contributed by atoms with Crippen LogP contribution in [0.4, 0.5) is 0 Å². The van der Waals surface area contributed by atoms with E-state index in [1.165, 1.54) is 37.7 Å². The van der Waals surface area contributed by atoms with E-state index in [-0.39, 0.29) is 0 Å². The van der Waals surface area contributed by atoms with E-state index in [0.717, 1.165) is 5.75 Å². The standard InChI is InChI=1S/C13H18O.C2H6/c1-2-4-11-7-9-13(10-8-11)14-12-5-3-6-12;1-2/h7-10,12H,2-6H2,1H3;1-2H3. The predicted molar refractivity (Wildman–Crippen MR) is 70.1 cm³/mol. The van der Waals surface area contributed by atoms with Crippen LogP contribution in [0.2, 0.25) is 0 Å². The highest BCUT2D eigenvalue weighted by Gasteiger charge is 2.18. The van der Waals surface area contributed by atoms with Crippen LogP contribution in [-0.4, -0.2) is 6.10 Å². The summed E-state index contributed by atoms with van der Waals surface area (Å²) in [5.41, 5.74) is 1.41. The van der Waals surface area contributed by atoms with Gasteiger partial charge in [-0.3, -0.25) is 0 Å². The van der Waals surface area contributed by atoms with Crippen LogP contribution in [0.25, 0.3) is 0 Å². The van der Waals surface area contributed by atoms with Crippen molar-refractivity contribution in [2.45, 2.75) is 59.0 Å². The molecular formula is C15H24O. The maximum Gasteiger partial charge on any atom is 0.119 e. The predicted octanol–water partition coefficient (Wildman–Crippen LogP) is 4.60. The van der Waals surface area contributed by atoms with Gasteiger partial charge in [0, 0.05) is 0 Å². The molecule has 0 unspecified atom stereocenters. The minimum atomic E-state index is 0.493. The Hall–Kier alpha value is -0.980. The Morgan fingerprint density at radius 2 is 1.75 bits per heavy atom. The SMILES string of the molecule is CC.CCCc1ccc(OC2CCC2)cc1. The van der Waals surface area contributed by atoms with Gasteiger partial charge in [-0.05, 0) is 43.4 Å². The average Bonchev–Trinajstić information content (AvgIpc) is 2.29. The molecule has 1 saturated carbocycles. The van der Waals surface area contributed by atoms with Crippen LogP contribution in [0.3, 0.4) is 0 Å². The maximum atomic E-state index is 5.78. The summed E-state index contributed by atoms with van der Waals surface area (Å²) in [6, 6.07) is 8.56. The zero-order valence-electron chi connectivity index (χ0n) is 10.8. The fraction of sp³-hybridized carbons (Fsp3) is 0.600. The largest absolute Gasteiger partial charge is 0.490 e. The quantitative estimate of drug-likeness (QED) is 0.720. The minimum absolute atomic E-state index is 0.493. The van der Waals surface area contributed by atoms with Crippen molar-refractivity contribution >= 4 is 0 Å². The third kappa shape index (κ3) is 3.88. The van der Waals surface area contributed by atoms with E-state index >= 15 is 0 Å². The summed E-state index contributed by atoms with van der Waals surface area (Å²) >= 11 is 0. The number of ether oxygens (including phenoxy) is 1. The maximum absolute atomic E-state index is 5.78. The molecule has 90 valence electrons. The van der Waals surface area contributed by atoms with E-state index in [0.29, 0.717) is 6.10 Å². The van der Waals surface area contributed by atoms with Gasteiger partial charge in [-0.1, -0.05) is 39.3 Å². The van der Waals surface area contributed by atoms with E-state index in [9.17, 15) is 0 Å². The molecule has 1 aromatic rings. The molecule has 0 amide bonds. The highest BCUT2D eigenvalue weighted by molar-refractivity contribution is 5.27. The Morgan fingerprint density at radius 1 is 1.12 bits per heavy atom. The van der Waals surface area contributed by atoms with Crippen molar-refractivity contribution in [3.05, 3.63) is 29.8 Å². The van der Waals surface area contributed by atoms with Gasteiger partial charge in [0.05, 0.1) is 6.10 Å². The second-order valence-corrected chi connectivity index (χ2v) is 4.06. The fourth-order valence-corrected chi connectivity index (χ4v) is 1.70. The summed E-state index contributed by atoms with van der Waals surface area (Å²) in [5, 5.41) is 0. The molecule has 16 heavy (non-hydrogen) atoms. The Kier molecular flexibility index (Phi) is 5.99. The molecule has 1 aliphatic carbocycles. The summed E-state index contributed by atoms with van der Waals surface area (Å²) in [6.45, 7) is 6.21. The second kappa shape index (κ2) is 7.32. The van der Waals surface area contributed by atoms with Crippen molar-refractivity contribution in [2.75, 3.05) is 0 Å². The number of benzene rings is 1. The van der Waals surface area contributed by atoms with Crippen molar-refractivity contribution < 1.29 is 4.74 Å². The zero-order valence-corrected chi connectivity index (χ0v) is 10.8. The molecule has 0 heterocycles. The Morgan fingerprint density at radius 3 is 2.19 bits per heavy atom. The third-order valence-corrected chi connectivity index (χ3v) is 2.82. The Balaban J connectivity index is 0.000000606. The highest BCUT2D eigenvalue weighted by atomic mass is 16.5. The zero-order chi connectivity index (χ0) is 11.8. The van der Waals surface area contributed by atoms with E-state index in [2.05, 4.69) is 31.2 Å². The summed E-state index contributed by atoms with van der Waals surface area (Å²) in [7, 11) is 0. The Labute approximate surface area is 99.8 Å². The molecule has 0 saturated heterocycles. The van der Waals surface area contributed by atoms with Crippen molar-refractivity contribution in [1.29, 1.82) is 0 Å². The van der Waals surface area contributed by atoms with Gasteiger partial charge in [0.15, 0.2) is 0 Å². The molecule has 0 atom stereocenters. The Bertz CT molecular complexity index is 272. The first kappa shape index (κ1) is 13.1. The fourth-order valence-electron chi connectivity index (χ4n) is 1.70. The first-order valence-electron chi connectivity index (χ1n) is 6.64. The molecular weight excluding hydrogens is 196 g/mol. The lowest BCUT2D eigenvalue weighted by atomic mass is 9.96. The number of hydrogen-bond donors (Lipinski definition) is 0. The van der Waals surface area contributed by atoms with Crippen molar-refractivity contribution in [3.8, 4) is 5.75 Å². The van der Waals surface area contributed by atoms with Crippen molar-refractivity contribution in [1.82, 2.24) is 0 Å². The van der Waals surface area contributed by atoms with Crippen molar-refractivity contribution in [3.63, 3.8) is 0 Å². The lowest BCUT2D eigenvalue weighted by molar-refractivity contribution is 0.120. The van der Waals surface area contributed by atoms with Crippen molar-refractivity contribution in [2.24, 2.45) is 0 Å². The number of rotatable bonds is 4. The smallest absolute Gasteiger partial charge is 0.119 e. The highest BCUT2D eigenvalue weighted by Crippen LogP contribution is 2.25. The van der Waals surface area contributed by atoms with Gasteiger partial charge in [-0.15, -0.1) is 0 Å². The van der Waals surface area contributed by atoms with E-state index < -0.39 is 0 Å². The topological polar surface area (TPSA) is 9.23 Å². The molecule has 1 aliphatic rings. The molecule has 0 radical (unpaired) electrons. The third-order valence-electron chi connectivity index (χ3n) is 2.82. The molecule has 1 nitrogen and oxygen atoms in total. The normalized spacial score (nSPS) is 14.7. The van der Waals surface area contributed by atoms with Crippen LogP contribution in [0.5, 0.6) is 5.75 Å². The molecule has 1 fully saturated rings. The molecule has 0 bridgehead atoms. The van der Waals surface area contributed by atoms with Crippen LogP contribution in [-0.2, 0) is 6.42 Å². The van der Waals surface area contributed by atoms with Gasteiger partial charge in [0.1, 0.15) is 5.75 Å². The van der Waals surface area contributed by atoms with Crippen LogP contribution >= 0.6 is 0 Å². The first-order chi connectivity index (χ1) is 7.88. The van der Waals surface area contributed by atoms with Crippen LogP contribution in [0.15, 0.2) is 24.3 Å². The summed E-state index contributed by atoms with van der Waals surface area (Å²) < 4.78 is 5.78. The van der Waals surface area contributed by atoms with Crippen LogP contribution in [0, 0.1) is 0 Å². The van der Waals surface area contributed by atoms with E-state index in [4.69, 9.17) is 4.74 Å². The van der Waals surface area contributed by atoms with E-state index in [1.54, 1.807) is 0 Å². The van der Waals surface area contributed by atoms with Gasteiger partial charge in [0.2, 0.25) is 0 Å². The minimum Gasteiger partial charge on any atom is -0.490 e. The molecule has 0 N–H and O–H groups in total. The number of aryl methyl sites for hydroxylation is 1. The van der Waals surface area contributed by atoms with Gasteiger partial charge in [0.25, 0.3) is 0 Å². The van der Waals surface area contributed by atoms with Crippen LogP contribution in [0.1, 0.15) is 52.0 Å². The molecule has 0 aromatic heterocycles. The summed E-state index contributed by atoms with van der Waals surface area (Å²) in [4.78, 5) is 0. The lowest BCUT2D eigenvalue weighted by Gasteiger charge is -2.26. The second-order valence-electron chi connectivity index (χ2n) is 4.06. The van der Waals surface area contributed by atoms with Crippen LogP contribution < -0.4 is 4.74 Å². The molecule has 0 spiro atoms. The monoisotopic (exact) mass is 220 g/mol. The van der Waals surface area contributed by atoms with Gasteiger partial charge in [-0.25, -0.2) is 0 Å². The molecule has 1 heteroatoms. The molecule has 1 aromatic carbocycles. The molecule has 2 rings (SSSR count). The summed E-state index contributed by atoms with van der Waals surface area (Å²) in [6.07, 6.45) is 6.67. The summed E-state index contributed by atoms with van der Waals surface area (Å²) in [5.74, 6) is 1.04. The first-order valence-corrected chi connectivity index (χ1v) is 6.64. The van der Waals surface area contributed by atoms with Gasteiger partial charge in [-0.2, -0.15) is 0 Å².